The number of benzene rings is 1. The van der Waals surface area contributed by atoms with E-state index in [-0.39, 0.29) is 5.91 Å². The smallest absolute Gasteiger partial charge is 0.252 e. The van der Waals surface area contributed by atoms with Crippen molar-refractivity contribution in [3.8, 4) is 5.75 Å². The molecular formula is C18H20N2O4S2. The van der Waals surface area contributed by atoms with E-state index >= 15 is 0 Å². The molecule has 26 heavy (non-hydrogen) atoms. The minimum atomic E-state index is -3.45. The molecule has 1 aromatic heterocycles. The average molecular weight is 393 g/mol. The molecule has 0 radical (unpaired) electrons. The number of hydrogen-bond donors (Lipinski definition) is 0. The number of hydrogen-bond acceptors (Lipinski definition) is 5. The van der Waals surface area contributed by atoms with Crippen LogP contribution in [0.15, 0.2) is 52.1 Å². The van der Waals surface area contributed by atoms with Crippen molar-refractivity contribution in [1.82, 2.24) is 9.21 Å². The van der Waals surface area contributed by atoms with E-state index in [9.17, 15) is 13.2 Å². The van der Waals surface area contributed by atoms with Gasteiger partial charge in [0, 0.05) is 32.3 Å². The number of methoxy groups -OCH3 is 1. The van der Waals surface area contributed by atoms with Crippen LogP contribution in [0, 0.1) is 0 Å². The summed E-state index contributed by atoms with van der Waals surface area (Å²) >= 11 is 1.21. The fourth-order valence-electron chi connectivity index (χ4n) is 2.70. The molecule has 0 bridgehead atoms. The Bertz CT molecular complexity index is 884. The number of piperazine rings is 1. The van der Waals surface area contributed by atoms with E-state index in [1.807, 2.05) is 24.3 Å². The number of thiophene rings is 1. The van der Waals surface area contributed by atoms with Crippen molar-refractivity contribution in [2.24, 2.45) is 0 Å². The van der Waals surface area contributed by atoms with Gasteiger partial charge in [0.25, 0.3) is 10.0 Å². The van der Waals surface area contributed by atoms with Crippen LogP contribution in [0.4, 0.5) is 0 Å². The zero-order valence-corrected chi connectivity index (χ0v) is 16.0. The summed E-state index contributed by atoms with van der Waals surface area (Å²) in [6, 6.07) is 10.8. The first-order valence-electron chi connectivity index (χ1n) is 8.15. The maximum atomic E-state index is 12.5. The van der Waals surface area contributed by atoms with E-state index in [0.29, 0.717) is 30.4 Å². The lowest BCUT2D eigenvalue weighted by Gasteiger charge is -2.33. The van der Waals surface area contributed by atoms with Crippen LogP contribution in [-0.4, -0.2) is 56.8 Å². The van der Waals surface area contributed by atoms with E-state index in [4.69, 9.17) is 4.74 Å². The van der Waals surface area contributed by atoms with E-state index in [2.05, 4.69) is 0 Å². The predicted molar refractivity (Wildman–Crippen MR) is 102 cm³/mol. The molecule has 8 heteroatoms. The topological polar surface area (TPSA) is 66.9 Å². The second-order valence-corrected chi connectivity index (χ2v) is 8.88. The standard InChI is InChI=1S/C18H20N2O4S2/c1-24-16-5-2-4-15(14-16)7-8-17(21)19-9-11-20(12-10-19)26(22,23)18-6-3-13-25-18/h2-8,13-14H,9-12H2,1H3/b8-7+. The second-order valence-electron chi connectivity index (χ2n) is 5.77. The first-order chi connectivity index (χ1) is 12.5. The monoisotopic (exact) mass is 392 g/mol. The van der Waals surface area contributed by atoms with Gasteiger partial charge in [-0.15, -0.1) is 11.3 Å². The summed E-state index contributed by atoms with van der Waals surface area (Å²) in [6.45, 7) is 1.37. The van der Waals surface area contributed by atoms with Crippen molar-refractivity contribution in [2.45, 2.75) is 4.21 Å². The van der Waals surface area contributed by atoms with E-state index in [1.54, 1.807) is 35.6 Å². The number of carbonyl (C=O) groups is 1. The normalized spacial score (nSPS) is 16.1. The quantitative estimate of drug-likeness (QED) is 0.733. The third-order valence-corrected chi connectivity index (χ3v) is 7.42. The van der Waals surface area contributed by atoms with Crippen molar-refractivity contribution >= 4 is 33.3 Å². The molecule has 1 fully saturated rings. The molecule has 1 aliphatic rings. The summed E-state index contributed by atoms with van der Waals surface area (Å²) < 4.78 is 31.9. The molecule has 1 amide bonds. The third-order valence-electron chi connectivity index (χ3n) is 4.15. The molecule has 0 unspecified atom stereocenters. The van der Waals surface area contributed by atoms with Crippen molar-refractivity contribution in [3.63, 3.8) is 0 Å². The largest absolute Gasteiger partial charge is 0.497 e. The first-order valence-corrected chi connectivity index (χ1v) is 10.5. The van der Waals surface area contributed by atoms with Gasteiger partial charge < -0.3 is 9.64 Å². The van der Waals surface area contributed by atoms with Crippen LogP contribution in [0.3, 0.4) is 0 Å². The Kier molecular flexibility index (Phi) is 5.75. The molecule has 2 heterocycles. The van der Waals surface area contributed by atoms with Gasteiger partial charge in [-0.2, -0.15) is 4.31 Å². The summed E-state index contributed by atoms with van der Waals surface area (Å²) in [5, 5.41) is 1.75. The molecule has 2 aromatic rings. The van der Waals surface area contributed by atoms with Crippen molar-refractivity contribution in [2.75, 3.05) is 33.3 Å². The molecule has 0 spiro atoms. The fraction of sp³-hybridized carbons (Fsp3) is 0.278. The molecule has 0 saturated carbocycles. The molecule has 6 nitrogen and oxygen atoms in total. The van der Waals surface area contributed by atoms with Crippen molar-refractivity contribution in [3.05, 3.63) is 53.4 Å². The molecule has 138 valence electrons. The zero-order valence-electron chi connectivity index (χ0n) is 14.4. The minimum Gasteiger partial charge on any atom is -0.497 e. The van der Waals surface area contributed by atoms with Gasteiger partial charge in [-0.05, 0) is 35.2 Å². The highest BCUT2D eigenvalue weighted by Gasteiger charge is 2.30. The van der Waals surface area contributed by atoms with Gasteiger partial charge in [-0.3, -0.25) is 4.79 Å². The molecule has 0 N–H and O–H groups in total. The van der Waals surface area contributed by atoms with Crippen molar-refractivity contribution < 1.29 is 17.9 Å². The van der Waals surface area contributed by atoms with E-state index < -0.39 is 10.0 Å². The molecule has 1 aliphatic heterocycles. The highest BCUT2D eigenvalue weighted by Crippen LogP contribution is 2.22. The zero-order chi connectivity index (χ0) is 18.6. The van der Waals surface area contributed by atoms with Crippen LogP contribution in [0.2, 0.25) is 0 Å². The van der Waals surface area contributed by atoms with Gasteiger partial charge in [0.1, 0.15) is 9.96 Å². The average Bonchev–Trinajstić information content (AvgIpc) is 3.22. The molecule has 0 atom stereocenters. The third kappa shape index (κ3) is 4.14. The Morgan fingerprint density at radius 3 is 2.58 bits per heavy atom. The summed E-state index contributed by atoms with van der Waals surface area (Å²) in [6.07, 6.45) is 3.25. The van der Waals surface area contributed by atoms with Gasteiger partial charge in [0.15, 0.2) is 0 Å². The number of rotatable bonds is 5. The predicted octanol–water partition coefficient (Wildman–Crippen LogP) is 2.30. The lowest BCUT2D eigenvalue weighted by molar-refractivity contribution is -0.127. The Balaban J connectivity index is 1.59. The Morgan fingerprint density at radius 1 is 1.15 bits per heavy atom. The SMILES string of the molecule is COc1cccc(/C=C/C(=O)N2CCN(S(=O)(=O)c3cccs3)CC2)c1. The molecule has 1 saturated heterocycles. The van der Waals surface area contributed by atoms with Crippen LogP contribution in [-0.2, 0) is 14.8 Å². The second kappa shape index (κ2) is 8.03. The van der Waals surface area contributed by atoms with Crippen LogP contribution in [0.5, 0.6) is 5.75 Å². The van der Waals surface area contributed by atoms with Crippen LogP contribution in [0.25, 0.3) is 6.08 Å². The summed E-state index contributed by atoms with van der Waals surface area (Å²) in [4.78, 5) is 14.0. The van der Waals surface area contributed by atoms with Crippen LogP contribution in [0.1, 0.15) is 5.56 Å². The van der Waals surface area contributed by atoms with Gasteiger partial charge in [0.05, 0.1) is 7.11 Å². The van der Waals surface area contributed by atoms with Gasteiger partial charge in [0.2, 0.25) is 5.91 Å². The number of sulfonamides is 1. The minimum absolute atomic E-state index is 0.124. The fourth-order valence-corrected chi connectivity index (χ4v) is 5.27. The number of carbonyl (C=O) groups excluding carboxylic acids is 1. The van der Waals surface area contributed by atoms with Gasteiger partial charge in [-0.25, -0.2) is 8.42 Å². The number of amides is 1. The Morgan fingerprint density at radius 2 is 1.92 bits per heavy atom. The Hall–Kier alpha value is -2.16. The maximum absolute atomic E-state index is 12.5. The molecule has 0 aliphatic carbocycles. The van der Waals surface area contributed by atoms with Gasteiger partial charge >= 0.3 is 0 Å². The molecule has 3 rings (SSSR count). The lowest BCUT2D eigenvalue weighted by atomic mass is 10.2. The molecular weight excluding hydrogens is 372 g/mol. The number of ether oxygens (including phenoxy) is 1. The highest BCUT2D eigenvalue weighted by molar-refractivity contribution is 7.91. The lowest BCUT2D eigenvalue weighted by Crippen LogP contribution is -2.50. The summed E-state index contributed by atoms with van der Waals surface area (Å²) in [5.74, 6) is 0.605. The number of nitrogens with zero attached hydrogens (tertiary/aromatic N) is 2. The first kappa shape index (κ1) is 18.6. The van der Waals surface area contributed by atoms with E-state index in [1.165, 1.54) is 21.7 Å². The van der Waals surface area contributed by atoms with E-state index in [0.717, 1.165) is 11.3 Å². The molecule has 1 aromatic carbocycles. The Labute approximate surface area is 157 Å². The van der Waals surface area contributed by atoms with Gasteiger partial charge in [-0.1, -0.05) is 18.2 Å². The van der Waals surface area contributed by atoms with Crippen molar-refractivity contribution in [1.29, 1.82) is 0 Å². The summed E-state index contributed by atoms with van der Waals surface area (Å²) in [7, 11) is -1.85. The highest BCUT2D eigenvalue weighted by atomic mass is 32.2. The van der Waals surface area contributed by atoms with Crippen LogP contribution >= 0.6 is 11.3 Å². The van der Waals surface area contributed by atoms with Crippen LogP contribution < -0.4 is 4.74 Å². The summed E-state index contributed by atoms with van der Waals surface area (Å²) in [5.41, 5.74) is 0.872. The maximum Gasteiger partial charge on any atom is 0.252 e.